The second-order valence-electron chi connectivity index (χ2n) is 7.64. The molecule has 0 saturated carbocycles. The molecule has 7 heteroatoms. The molecule has 6 nitrogen and oxygen atoms in total. The van der Waals surface area contributed by atoms with Gasteiger partial charge < -0.3 is 14.5 Å². The van der Waals surface area contributed by atoms with Crippen LogP contribution >= 0.6 is 0 Å². The van der Waals surface area contributed by atoms with Crippen molar-refractivity contribution in [2.45, 2.75) is 19.8 Å². The molecule has 1 aromatic rings. The lowest BCUT2D eigenvalue weighted by Crippen LogP contribution is -2.52. The summed E-state index contributed by atoms with van der Waals surface area (Å²) in [6.07, 6.45) is 1.12. The molecule has 0 N–H and O–H groups in total. The number of morpholine rings is 1. The summed E-state index contributed by atoms with van der Waals surface area (Å²) in [7, 11) is 0. The molecule has 2 fully saturated rings. The third-order valence-electron chi connectivity index (χ3n) is 5.57. The lowest BCUT2D eigenvalue weighted by molar-refractivity contribution is -0.142. The van der Waals surface area contributed by atoms with Crippen LogP contribution in [0, 0.1) is 11.7 Å². The van der Waals surface area contributed by atoms with Crippen molar-refractivity contribution < 1.29 is 18.7 Å². The molecule has 1 unspecified atom stereocenters. The van der Waals surface area contributed by atoms with E-state index in [4.69, 9.17) is 4.74 Å². The van der Waals surface area contributed by atoms with Crippen LogP contribution in [0.3, 0.4) is 0 Å². The zero-order valence-corrected chi connectivity index (χ0v) is 16.6. The van der Waals surface area contributed by atoms with Crippen LogP contribution in [0.4, 0.5) is 4.39 Å². The predicted octanol–water partition coefficient (Wildman–Crippen LogP) is 1.40. The topological polar surface area (TPSA) is 53.1 Å². The molecule has 0 spiro atoms. The maximum Gasteiger partial charge on any atom is 0.225 e. The molecule has 1 atom stereocenters. The van der Waals surface area contributed by atoms with E-state index in [0.29, 0.717) is 39.0 Å². The lowest BCUT2D eigenvalue weighted by atomic mass is 9.99. The maximum absolute atomic E-state index is 13.0. The Balaban J connectivity index is 1.40. The molecule has 3 rings (SSSR count). The van der Waals surface area contributed by atoms with Gasteiger partial charge in [-0.25, -0.2) is 4.39 Å². The number of hydrogen-bond acceptors (Lipinski definition) is 4. The van der Waals surface area contributed by atoms with Crippen LogP contribution in [-0.2, 0) is 20.7 Å². The van der Waals surface area contributed by atoms with E-state index < -0.39 is 0 Å². The summed E-state index contributed by atoms with van der Waals surface area (Å²) in [6, 6.07) is 6.30. The number of rotatable bonds is 6. The number of hydrogen-bond donors (Lipinski definition) is 0. The van der Waals surface area contributed by atoms with Gasteiger partial charge in [0.15, 0.2) is 0 Å². The van der Waals surface area contributed by atoms with E-state index >= 15 is 0 Å². The molecule has 2 saturated heterocycles. The zero-order chi connectivity index (χ0) is 19.9. The average Bonchev–Trinajstić information content (AvgIpc) is 2.74. The van der Waals surface area contributed by atoms with Gasteiger partial charge in [0.25, 0.3) is 0 Å². The van der Waals surface area contributed by atoms with Crippen molar-refractivity contribution in [1.82, 2.24) is 14.7 Å². The van der Waals surface area contributed by atoms with Crippen molar-refractivity contribution in [3.63, 3.8) is 0 Å². The Hall–Kier alpha value is -1.99. The Morgan fingerprint density at radius 1 is 1.00 bits per heavy atom. The highest BCUT2D eigenvalue weighted by Crippen LogP contribution is 2.14. The SMILES string of the molecule is CC(Cc1ccc(F)cc1)C(=O)N1CCN(C(=O)CCN2CCOCC2)CC1. The smallest absolute Gasteiger partial charge is 0.225 e. The van der Waals surface area contributed by atoms with E-state index in [-0.39, 0.29) is 23.5 Å². The fourth-order valence-electron chi connectivity index (χ4n) is 3.79. The third-order valence-corrected chi connectivity index (χ3v) is 5.57. The zero-order valence-electron chi connectivity index (χ0n) is 16.6. The van der Waals surface area contributed by atoms with E-state index in [1.54, 1.807) is 12.1 Å². The molecule has 2 aliphatic rings. The Morgan fingerprint density at radius 3 is 2.25 bits per heavy atom. The van der Waals surface area contributed by atoms with E-state index in [0.717, 1.165) is 38.4 Å². The first-order valence-electron chi connectivity index (χ1n) is 10.1. The van der Waals surface area contributed by atoms with Crippen molar-refractivity contribution in [2.75, 3.05) is 59.0 Å². The summed E-state index contributed by atoms with van der Waals surface area (Å²) in [4.78, 5) is 31.1. The van der Waals surface area contributed by atoms with Gasteiger partial charge in [-0.1, -0.05) is 19.1 Å². The minimum atomic E-state index is -0.267. The highest BCUT2D eigenvalue weighted by atomic mass is 19.1. The van der Waals surface area contributed by atoms with Crippen molar-refractivity contribution in [3.8, 4) is 0 Å². The molecule has 0 bridgehead atoms. The highest BCUT2D eigenvalue weighted by molar-refractivity contribution is 5.80. The first-order chi connectivity index (χ1) is 13.5. The van der Waals surface area contributed by atoms with E-state index in [1.165, 1.54) is 12.1 Å². The van der Waals surface area contributed by atoms with E-state index in [9.17, 15) is 14.0 Å². The number of ether oxygens (including phenoxy) is 1. The molecular weight excluding hydrogens is 361 g/mol. The Labute approximate surface area is 166 Å². The molecule has 28 heavy (non-hydrogen) atoms. The highest BCUT2D eigenvalue weighted by Gasteiger charge is 2.27. The molecule has 2 amide bonds. The van der Waals surface area contributed by atoms with Gasteiger partial charge in [0.1, 0.15) is 5.82 Å². The molecule has 1 aromatic carbocycles. The molecule has 0 aromatic heterocycles. The molecule has 2 aliphatic heterocycles. The molecule has 154 valence electrons. The second kappa shape index (κ2) is 9.98. The summed E-state index contributed by atoms with van der Waals surface area (Å²) in [6.45, 7) is 8.29. The number of carbonyl (C=O) groups excluding carboxylic acids is 2. The Kier molecular flexibility index (Phi) is 7.39. The summed E-state index contributed by atoms with van der Waals surface area (Å²) in [5.74, 6) is -0.158. The Morgan fingerprint density at radius 2 is 1.61 bits per heavy atom. The summed E-state index contributed by atoms with van der Waals surface area (Å²) >= 11 is 0. The van der Waals surface area contributed by atoms with Gasteiger partial charge >= 0.3 is 0 Å². The van der Waals surface area contributed by atoms with Gasteiger partial charge in [-0.2, -0.15) is 0 Å². The Bertz CT molecular complexity index is 653. The molecule has 2 heterocycles. The van der Waals surface area contributed by atoms with Crippen LogP contribution in [0.5, 0.6) is 0 Å². The van der Waals surface area contributed by atoms with Crippen LogP contribution in [0.1, 0.15) is 18.9 Å². The fourth-order valence-corrected chi connectivity index (χ4v) is 3.79. The first-order valence-corrected chi connectivity index (χ1v) is 10.1. The minimum Gasteiger partial charge on any atom is -0.379 e. The monoisotopic (exact) mass is 391 g/mol. The molecular formula is C21H30FN3O3. The molecule has 0 radical (unpaired) electrons. The quantitative estimate of drug-likeness (QED) is 0.736. The van der Waals surface area contributed by atoms with Crippen molar-refractivity contribution in [1.29, 1.82) is 0 Å². The van der Waals surface area contributed by atoms with Crippen LogP contribution in [0.15, 0.2) is 24.3 Å². The minimum absolute atomic E-state index is 0.102. The number of halogens is 1. The number of nitrogens with zero attached hydrogens (tertiary/aromatic N) is 3. The maximum atomic E-state index is 13.0. The van der Waals surface area contributed by atoms with Crippen molar-refractivity contribution in [3.05, 3.63) is 35.6 Å². The third kappa shape index (κ3) is 5.75. The van der Waals surface area contributed by atoms with E-state index in [1.807, 2.05) is 16.7 Å². The van der Waals surface area contributed by atoms with Crippen LogP contribution in [0.25, 0.3) is 0 Å². The number of benzene rings is 1. The van der Waals surface area contributed by atoms with E-state index in [2.05, 4.69) is 4.90 Å². The van der Waals surface area contributed by atoms with Gasteiger partial charge in [-0.05, 0) is 24.1 Å². The van der Waals surface area contributed by atoms with Crippen LogP contribution in [-0.4, -0.2) is 85.5 Å². The second-order valence-corrected chi connectivity index (χ2v) is 7.64. The summed E-state index contributed by atoms with van der Waals surface area (Å²) in [5, 5.41) is 0. The summed E-state index contributed by atoms with van der Waals surface area (Å²) < 4.78 is 18.3. The largest absolute Gasteiger partial charge is 0.379 e. The fraction of sp³-hybridized carbons (Fsp3) is 0.619. The number of piperazine rings is 1. The standard InChI is InChI=1S/C21H30FN3O3/c1-17(16-18-2-4-19(22)5-3-18)21(27)25-10-8-24(9-11-25)20(26)6-7-23-12-14-28-15-13-23/h2-5,17H,6-16H2,1H3. The number of amides is 2. The van der Waals surface area contributed by atoms with Crippen LogP contribution < -0.4 is 0 Å². The molecule has 0 aliphatic carbocycles. The van der Waals surface area contributed by atoms with Gasteiger partial charge in [-0.15, -0.1) is 0 Å². The summed E-state index contributed by atoms with van der Waals surface area (Å²) in [5.41, 5.74) is 0.958. The van der Waals surface area contributed by atoms with Crippen molar-refractivity contribution >= 4 is 11.8 Å². The predicted molar refractivity (Wildman–Crippen MR) is 104 cm³/mol. The van der Waals surface area contributed by atoms with Crippen LogP contribution in [0.2, 0.25) is 0 Å². The first kappa shape index (κ1) is 20.7. The number of carbonyl (C=O) groups is 2. The van der Waals surface area contributed by atoms with Crippen molar-refractivity contribution in [2.24, 2.45) is 5.92 Å². The lowest BCUT2D eigenvalue weighted by Gasteiger charge is -2.36. The van der Waals surface area contributed by atoms with Gasteiger partial charge in [-0.3, -0.25) is 14.5 Å². The normalized spacial score (nSPS) is 19.5. The van der Waals surface area contributed by atoms with Gasteiger partial charge in [0, 0.05) is 58.2 Å². The average molecular weight is 391 g/mol. The van der Waals surface area contributed by atoms with Gasteiger partial charge in [0.05, 0.1) is 13.2 Å². The van der Waals surface area contributed by atoms with Gasteiger partial charge in [0.2, 0.25) is 11.8 Å².